The van der Waals surface area contributed by atoms with Crippen LogP contribution in [0.1, 0.15) is 32.1 Å². The molecule has 0 spiro atoms. The van der Waals surface area contributed by atoms with Crippen molar-refractivity contribution in [2.24, 2.45) is 11.8 Å². The number of rotatable bonds is 3. The van der Waals surface area contributed by atoms with Gasteiger partial charge in [0.25, 0.3) is 0 Å². The van der Waals surface area contributed by atoms with E-state index in [9.17, 15) is 5.11 Å². The Hall–Kier alpha value is -0.260. The van der Waals surface area contributed by atoms with Crippen LogP contribution in [-0.4, -0.2) is 17.1 Å². The summed E-state index contributed by atoms with van der Waals surface area (Å²) in [7, 11) is 0. The van der Waals surface area contributed by atoms with E-state index in [1.165, 1.54) is 0 Å². The molecule has 0 aromatic heterocycles. The Bertz CT molecular complexity index is 190. The molecule has 0 aliphatic heterocycles. The fourth-order valence-corrected chi connectivity index (χ4v) is 2.27. The van der Waals surface area contributed by atoms with E-state index in [2.05, 4.69) is 6.07 Å². The predicted octanol–water partition coefficient (Wildman–Crippen LogP) is 2.31. The van der Waals surface area contributed by atoms with E-state index in [1.807, 2.05) is 0 Å². The van der Waals surface area contributed by atoms with Gasteiger partial charge in [-0.1, -0.05) is 6.42 Å². The van der Waals surface area contributed by atoms with Gasteiger partial charge in [0.1, 0.15) is 0 Å². The van der Waals surface area contributed by atoms with Gasteiger partial charge in [0.05, 0.1) is 18.1 Å². The first-order valence-electron chi connectivity index (χ1n) is 4.93. The minimum atomic E-state index is -0.404. The summed E-state index contributed by atoms with van der Waals surface area (Å²) in [5.41, 5.74) is 0. The van der Waals surface area contributed by atoms with E-state index in [0.717, 1.165) is 32.1 Å². The monoisotopic (exact) mass is 201 g/mol. The molecular formula is C10H16ClNO. The summed E-state index contributed by atoms with van der Waals surface area (Å²) in [5.74, 6) is 0.870. The highest BCUT2D eigenvalue weighted by molar-refractivity contribution is 6.17. The van der Waals surface area contributed by atoms with E-state index >= 15 is 0 Å². The average Bonchev–Trinajstić information content (AvgIpc) is 2.15. The van der Waals surface area contributed by atoms with Gasteiger partial charge in [0.15, 0.2) is 0 Å². The van der Waals surface area contributed by atoms with Crippen molar-refractivity contribution in [3.05, 3.63) is 0 Å². The van der Waals surface area contributed by atoms with Gasteiger partial charge in [0, 0.05) is 5.88 Å². The Balaban J connectivity index is 2.45. The van der Waals surface area contributed by atoms with Gasteiger partial charge in [-0.15, -0.1) is 11.6 Å². The van der Waals surface area contributed by atoms with Crippen LogP contribution in [0.2, 0.25) is 0 Å². The minimum Gasteiger partial charge on any atom is -0.392 e. The zero-order valence-corrected chi connectivity index (χ0v) is 8.50. The average molecular weight is 202 g/mol. The Kier molecular flexibility index (Phi) is 4.55. The van der Waals surface area contributed by atoms with Crippen molar-refractivity contribution in [3.8, 4) is 6.07 Å². The lowest BCUT2D eigenvalue weighted by molar-refractivity contribution is 0.0583. The first kappa shape index (κ1) is 10.8. The Morgan fingerprint density at radius 3 is 2.85 bits per heavy atom. The minimum absolute atomic E-state index is 0.156. The third kappa shape index (κ3) is 2.86. The van der Waals surface area contributed by atoms with Crippen LogP contribution in [-0.2, 0) is 0 Å². The molecule has 1 fully saturated rings. The number of aliphatic hydroxyl groups excluding tert-OH is 1. The molecule has 2 nitrogen and oxygen atoms in total. The molecule has 1 rings (SSSR count). The summed E-state index contributed by atoms with van der Waals surface area (Å²) < 4.78 is 0. The SMILES string of the molecule is N#CC1[C@H](CCCCl)CCC[C@H]1O. The Labute approximate surface area is 84.5 Å². The van der Waals surface area contributed by atoms with Gasteiger partial charge in [-0.25, -0.2) is 0 Å². The van der Waals surface area contributed by atoms with Crippen molar-refractivity contribution >= 4 is 11.6 Å². The number of nitriles is 1. The maximum absolute atomic E-state index is 9.58. The summed E-state index contributed by atoms with van der Waals surface area (Å²) in [6.07, 6.45) is 4.45. The van der Waals surface area contributed by atoms with Crippen molar-refractivity contribution in [1.82, 2.24) is 0 Å². The van der Waals surface area contributed by atoms with Crippen LogP contribution in [0.5, 0.6) is 0 Å². The molecule has 0 aromatic rings. The lowest BCUT2D eigenvalue weighted by atomic mass is 9.76. The Morgan fingerprint density at radius 2 is 2.23 bits per heavy atom. The molecule has 0 saturated heterocycles. The molecule has 13 heavy (non-hydrogen) atoms. The van der Waals surface area contributed by atoms with Gasteiger partial charge >= 0.3 is 0 Å². The lowest BCUT2D eigenvalue weighted by Gasteiger charge is -2.30. The third-order valence-corrected chi connectivity index (χ3v) is 3.12. The summed E-state index contributed by atoms with van der Waals surface area (Å²) in [4.78, 5) is 0. The fourth-order valence-electron chi connectivity index (χ4n) is 2.12. The molecule has 1 unspecified atom stereocenters. The molecular weight excluding hydrogens is 186 g/mol. The lowest BCUT2D eigenvalue weighted by Crippen LogP contribution is -2.31. The van der Waals surface area contributed by atoms with Crippen molar-refractivity contribution < 1.29 is 5.11 Å². The molecule has 1 saturated carbocycles. The van der Waals surface area contributed by atoms with Crippen LogP contribution >= 0.6 is 11.6 Å². The van der Waals surface area contributed by atoms with Crippen LogP contribution in [0.15, 0.2) is 0 Å². The van der Waals surface area contributed by atoms with Crippen molar-refractivity contribution in [2.45, 2.75) is 38.2 Å². The summed E-state index contributed by atoms with van der Waals surface area (Å²) in [6, 6.07) is 2.22. The number of hydrogen-bond donors (Lipinski definition) is 1. The van der Waals surface area contributed by atoms with E-state index in [-0.39, 0.29) is 5.92 Å². The topological polar surface area (TPSA) is 44.0 Å². The Morgan fingerprint density at radius 1 is 1.46 bits per heavy atom. The molecule has 74 valence electrons. The molecule has 1 aliphatic rings. The van der Waals surface area contributed by atoms with Crippen LogP contribution in [0.25, 0.3) is 0 Å². The number of halogens is 1. The maximum Gasteiger partial charge on any atom is 0.0750 e. The molecule has 1 N–H and O–H groups in total. The highest BCUT2D eigenvalue weighted by Gasteiger charge is 2.31. The second-order valence-corrected chi connectivity index (χ2v) is 4.12. The molecule has 3 atom stereocenters. The largest absolute Gasteiger partial charge is 0.392 e. The van der Waals surface area contributed by atoms with E-state index in [1.54, 1.807) is 0 Å². The predicted molar refractivity (Wildman–Crippen MR) is 52.4 cm³/mol. The van der Waals surface area contributed by atoms with Crippen molar-refractivity contribution in [2.75, 3.05) is 5.88 Å². The quantitative estimate of drug-likeness (QED) is 0.713. The zero-order valence-electron chi connectivity index (χ0n) is 7.75. The number of aliphatic hydroxyl groups is 1. The van der Waals surface area contributed by atoms with Crippen LogP contribution < -0.4 is 0 Å². The molecule has 0 bridgehead atoms. The van der Waals surface area contributed by atoms with E-state index in [0.29, 0.717) is 11.8 Å². The van der Waals surface area contributed by atoms with Crippen molar-refractivity contribution in [3.63, 3.8) is 0 Å². The third-order valence-electron chi connectivity index (χ3n) is 2.85. The molecule has 0 radical (unpaired) electrons. The molecule has 1 aliphatic carbocycles. The van der Waals surface area contributed by atoms with Gasteiger partial charge < -0.3 is 5.11 Å². The number of alkyl halides is 1. The first-order chi connectivity index (χ1) is 6.29. The highest BCUT2D eigenvalue weighted by atomic mass is 35.5. The zero-order chi connectivity index (χ0) is 9.68. The molecule has 0 amide bonds. The first-order valence-corrected chi connectivity index (χ1v) is 5.46. The van der Waals surface area contributed by atoms with Crippen LogP contribution in [0.4, 0.5) is 0 Å². The molecule has 3 heteroatoms. The van der Waals surface area contributed by atoms with Gasteiger partial charge in [0.2, 0.25) is 0 Å². The van der Waals surface area contributed by atoms with Gasteiger partial charge in [-0.05, 0) is 31.6 Å². The normalized spacial score (nSPS) is 34.1. The second kappa shape index (κ2) is 5.47. The van der Waals surface area contributed by atoms with Gasteiger partial charge in [-0.3, -0.25) is 0 Å². The maximum atomic E-state index is 9.58. The summed E-state index contributed by atoms with van der Waals surface area (Å²) in [5, 5.41) is 18.5. The van der Waals surface area contributed by atoms with E-state index in [4.69, 9.17) is 16.9 Å². The fraction of sp³-hybridized carbons (Fsp3) is 0.900. The smallest absolute Gasteiger partial charge is 0.0750 e. The van der Waals surface area contributed by atoms with Crippen LogP contribution in [0.3, 0.4) is 0 Å². The van der Waals surface area contributed by atoms with Crippen molar-refractivity contribution in [1.29, 1.82) is 5.26 Å². The molecule has 0 aromatic carbocycles. The van der Waals surface area contributed by atoms with Crippen LogP contribution in [0, 0.1) is 23.2 Å². The molecule has 0 heterocycles. The standard InChI is InChI=1S/C10H16ClNO/c11-6-2-4-8-3-1-5-10(13)9(8)7-12/h8-10,13H,1-6H2/t8-,9?,10+/m0/s1. The van der Waals surface area contributed by atoms with E-state index < -0.39 is 6.10 Å². The highest BCUT2D eigenvalue weighted by Crippen LogP contribution is 2.33. The summed E-state index contributed by atoms with van der Waals surface area (Å²) >= 11 is 5.60. The number of nitrogens with zero attached hydrogens (tertiary/aromatic N) is 1. The second-order valence-electron chi connectivity index (χ2n) is 3.74. The van der Waals surface area contributed by atoms with Gasteiger partial charge in [-0.2, -0.15) is 5.26 Å². The number of hydrogen-bond acceptors (Lipinski definition) is 2. The summed E-state index contributed by atoms with van der Waals surface area (Å²) in [6.45, 7) is 0.